The maximum Gasteiger partial charge on any atom is 0.141 e. The summed E-state index contributed by atoms with van der Waals surface area (Å²) in [5.41, 5.74) is 2.38. The quantitative estimate of drug-likeness (QED) is 0.598. The molecule has 0 amide bonds. The van der Waals surface area contributed by atoms with Crippen LogP contribution < -0.4 is 0 Å². The third kappa shape index (κ3) is 2.55. The highest BCUT2D eigenvalue weighted by Crippen LogP contribution is 2.43. The zero-order valence-electron chi connectivity index (χ0n) is 14.2. The minimum Gasteiger partial charge on any atom is -0.380 e. The summed E-state index contributed by atoms with van der Waals surface area (Å²) in [6.07, 6.45) is 9.53. The number of imidazole rings is 1. The van der Waals surface area contributed by atoms with Crippen LogP contribution in [-0.2, 0) is 0 Å². The van der Waals surface area contributed by atoms with Gasteiger partial charge in [0.25, 0.3) is 0 Å². The van der Waals surface area contributed by atoms with Gasteiger partial charge in [-0.15, -0.1) is 16.4 Å². The van der Waals surface area contributed by atoms with Gasteiger partial charge in [0.05, 0.1) is 23.8 Å². The Kier molecular flexibility index (Phi) is 3.83. The summed E-state index contributed by atoms with van der Waals surface area (Å²) in [5.74, 6) is 0.522. The summed E-state index contributed by atoms with van der Waals surface area (Å²) in [6.45, 7) is 0. The van der Waals surface area contributed by atoms with E-state index in [2.05, 4.69) is 15.3 Å². The Bertz CT molecular complexity index is 1030. The van der Waals surface area contributed by atoms with Gasteiger partial charge in [0.1, 0.15) is 23.0 Å². The second kappa shape index (κ2) is 6.34. The van der Waals surface area contributed by atoms with Crippen LogP contribution in [0.4, 0.5) is 0 Å². The number of rotatable bonds is 4. The van der Waals surface area contributed by atoms with Gasteiger partial charge in [0.2, 0.25) is 0 Å². The third-order valence-electron chi connectivity index (χ3n) is 5.13. The monoisotopic (exact) mass is 365 g/mol. The molecule has 1 aromatic carbocycles. The molecule has 1 saturated carbocycles. The summed E-state index contributed by atoms with van der Waals surface area (Å²) in [4.78, 5) is 6.57. The minimum absolute atomic E-state index is 0.522. The molecular weight excluding hydrogens is 346 g/mol. The lowest BCUT2D eigenvalue weighted by Gasteiger charge is -2.14. The summed E-state index contributed by atoms with van der Waals surface area (Å²) in [6, 6.07) is 9.81. The molecule has 26 heavy (non-hydrogen) atoms. The van der Waals surface area contributed by atoms with Gasteiger partial charge in [-0.05, 0) is 30.9 Å². The van der Waals surface area contributed by atoms with Gasteiger partial charge in [-0.1, -0.05) is 36.3 Å². The average molecular weight is 365 g/mol. The van der Waals surface area contributed by atoms with Crippen molar-refractivity contribution in [2.75, 3.05) is 0 Å². The van der Waals surface area contributed by atoms with E-state index >= 15 is 0 Å². The maximum atomic E-state index is 11.1. The molecule has 0 radical (unpaired) electrons. The van der Waals surface area contributed by atoms with Gasteiger partial charge >= 0.3 is 0 Å². The molecule has 1 atom stereocenters. The van der Waals surface area contributed by atoms with E-state index in [0.717, 1.165) is 16.2 Å². The number of benzene rings is 1. The van der Waals surface area contributed by atoms with E-state index in [9.17, 15) is 5.11 Å². The molecule has 1 aliphatic carbocycles. The topological polar surface area (TPSA) is 68.2 Å². The normalized spacial score (nSPS) is 16.5. The van der Waals surface area contributed by atoms with Crippen LogP contribution in [0.5, 0.6) is 0 Å². The Morgan fingerprint density at radius 3 is 2.77 bits per heavy atom. The van der Waals surface area contributed by atoms with Crippen molar-refractivity contribution in [3.05, 3.63) is 65.3 Å². The van der Waals surface area contributed by atoms with E-state index in [-0.39, 0.29) is 0 Å². The Hall–Kier alpha value is -2.51. The lowest BCUT2D eigenvalue weighted by molar-refractivity contribution is 0.207. The Balaban J connectivity index is 1.56. The second-order valence-electron chi connectivity index (χ2n) is 6.76. The molecule has 5 rings (SSSR count). The molecule has 1 unspecified atom stereocenters. The van der Waals surface area contributed by atoms with Crippen LogP contribution in [-0.4, -0.2) is 29.5 Å². The zero-order valence-corrected chi connectivity index (χ0v) is 15.0. The summed E-state index contributed by atoms with van der Waals surface area (Å²) in [7, 11) is 0. The molecule has 132 valence electrons. The Labute approximate surface area is 154 Å². The van der Waals surface area contributed by atoms with Gasteiger partial charge in [0, 0.05) is 4.88 Å². The lowest BCUT2D eigenvalue weighted by Crippen LogP contribution is -2.08. The van der Waals surface area contributed by atoms with Crippen molar-refractivity contribution in [1.82, 2.24) is 24.4 Å². The number of aliphatic hydroxyl groups excluding tert-OH is 1. The molecular formula is C19H19N5OS. The highest BCUT2D eigenvalue weighted by molar-refractivity contribution is 7.17. The van der Waals surface area contributed by atoms with Gasteiger partial charge in [0.15, 0.2) is 0 Å². The zero-order chi connectivity index (χ0) is 17.5. The second-order valence-corrected chi connectivity index (χ2v) is 7.82. The summed E-state index contributed by atoms with van der Waals surface area (Å²) < 4.78 is 3.70. The molecule has 6 nitrogen and oxygen atoms in total. The van der Waals surface area contributed by atoms with E-state index < -0.39 is 6.10 Å². The number of aliphatic hydroxyl groups is 1. The van der Waals surface area contributed by atoms with E-state index in [1.165, 1.54) is 30.6 Å². The first-order valence-corrected chi connectivity index (χ1v) is 9.73. The molecule has 1 N–H and O–H groups in total. The molecule has 0 bridgehead atoms. The van der Waals surface area contributed by atoms with Crippen LogP contribution in [0.15, 0.2) is 49.1 Å². The fourth-order valence-corrected chi connectivity index (χ4v) is 5.12. The summed E-state index contributed by atoms with van der Waals surface area (Å²) in [5, 5.41) is 19.6. The fraction of sp³-hybridized carbons (Fsp3) is 0.316. The van der Waals surface area contributed by atoms with Crippen LogP contribution in [0, 0.1) is 0 Å². The molecule has 1 fully saturated rings. The number of thiazole rings is 1. The lowest BCUT2D eigenvalue weighted by atomic mass is 10.0. The van der Waals surface area contributed by atoms with Crippen molar-refractivity contribution < 1.29 is 5.11 Å². The SMILES string of the molecule is OC(c1cn(-c2ccccc2)nn1)c1c(C2CCCC2)sc2cncn12. The van der Waals surface area contributed by atoms with Gasteiger partial charge < -0.3 is 5.11 Å². The molecule has 7 heteroatoms. The van der Waals surface area contributed by atoms with E-state index in [0.29, 0.717) is 11.6 Å². The van der Waals surface area contributed by atoms with Crippen molar-refractivity contribution in [2.24, 2.45) is 0 Å². The van der Waals surface area contributed by atoms with Crippen molar-refractivity contribution in [3.8, 4) is 5.69 Å². The van der Waals surface area contributed by atoms with Crippen LogP contribution >= 0.6 is 11.3 Å². The number of fused-ring (bicyclic) bond motifs is 1. The van der Waals surface area contributed by atoms with Crippen LogP contribution in [0.2, 0.25) is 0 Å². The minimum atomic E-state index is -0.814. The van der Waals surface area contributed by atoms with Crippen LogP contribution in [0.3, 0.4) is 0 Å². The fourth-order valence-electron chi connectivity index (χ4n) is 3.82. The highest BCUT2D eigenvalue weighted by atomic mass is 32.1. The van der Waals surface area contributed by atoms with Crippen LogP contribution in [0.1, 0.15) is 54.0 Å². The summed E-state index contributed by atoms with van der Waals surface area (Å²) >= 11 is 1.74. The third-order valence-corrected chi connectivity index (χ3v) is 6.40. The number of nitrogens with zero attached hydrogens (tertiary/aromatic N) is 5. The maximum absolute atomic E-state index is 11.1. The molecule has 0 saturated heterocycles. The molecule has 1 aliphatic rings. The first-order chi connectivity index (χ1) is 12.8. The first kappa shape index (κ1) is 15.7. The predicted molar refractivity (Wildman–Crippen MR) is 99.7 cm³/mol. The molecule has 3 aromatic heterocycles. The standard InChI is InChI=1S/C19H19N5OS/c25-18(15-11-24(22-21-15)14-8-2-1-3-9-14)17-19(13-6-4-5-7-13)26-16-10-20-12-23(16)17/h1-3,8-13,18,25H,4-7H2. The van der Waals surface area contributed by atoms with Crippen LogP contribution in [0.25, 0.3) is 10.5 Å². The Morgan fingerprint density at radius 2 is 1.96 bits per heavy atom. The number of hydrogen-bond donors (Lipinski definition) is 1. The van der Waals surface area contributed by atoms with E-state index in [4.69, 9.17) is 0 Å². The van der Waals surface area contributed by atoms with E-state index in [1.807, 2.05) is 40.9 Å². The molecule has 4 aromatic rings. The van der Waals surface area contributed by atoms with Crippen molar-refractivity contribution in [1.29, 1.82) is 0 Å². The van der Waals surface area contributed by atoms with Crippen molar-refractivity contribution in [3.63, 3.8) is 0 Å². The number of aromatic nitrogens is 5. The first-order valence-electron chi connectivity index (χ1n) is 8.91. The van der Waals surface area contributed by atoms with Gasteiger partial charge in [-0.25, -0.2) is 9.67 Å². The largest absolute Gasteiger partial charge is 0.380 e. The molecule has 0 aliphatic heterocycles. The van der Waals surface area contributed by atoms with Crippen molar-refractivity contribution >= 4 is 16.2 Å². The van der Waals surface area contributed by atoms with E-state index in [1.54, 1.807) is 28.5 Å². The predicted octanol–water partition coefficient (Wildman–Crippen LogP) is 3.72. The number of hydrogen-bond acceptors (Lipinski definition) is 5. The Morgan fingerprint density at radius 1 is 1.15 bits per heavy atom. The number of para-hydroxylation sites is 1. The van der Waals surface area contributed by atoms with Crippen molar-refractivity contribution in [2.45, 2.75) is 37.7 Å². The molecule has 3 heterocycles. The van der Waals surface area contributed by atoms with Gasteiger partial charge in [-0.2, -0.15) is 0 Å². The smallest absolute Gasteiger partial charge is 0.141 e. The molecule has 0 spiro atoms. The highest BCUT2D eigenvalue weighted by Gasteiger charge is 2.29. The average Bonchev–Trinajstić information content (AvgIpc) is 3.45. The van der Waals surface area contributed by atoms with Gasteiger partial charge in [-0.3, -0.25) is 4.40 Å².